The fraction of sp³-hybridized carbons (Fsp3) is 0.500. The van der Waals surface area contributed by atoms with Gasteiger partial charge in [-0.15, -0.1) is 0 Å². The Morgan fingerprint density at radius 3 is 2.10 bits per heavy atom. The minimum atomic E-state index is -1.40. The maximum Gasteiger partial charge on any atom is 0.303 e. The molecule has 1 aliphatic carbocycles. The van der Waals surface area contributed by atoms with Crippen molar-refractivity contribution in [1.82, 2.24) is 5.32 Å². The number of aliphatic hydroxyl groups is 1. The van der Waals surface area contributed by atoms with Crippen LogP contribution in [0.1, 0.15) is 42.6 Å². The maximum absolute atomic E-state index is 12.8. The van der Waals surface area contributed by atoms with Gasteiger partial charge in [-0.3, -0.25) is 19.2 Å². The molecule has 1 fully saturated rings. The van der Waals surface area contributed by atoms with E-state index in [0.717, 1.165) is 20.8 Å². The number of carbonyl (C=O) groups excluding carboxylic acids is 4. The predicted octanol–water partition coefficient (Wildman–Crippen LogP) is -0.219. The summed E-state index contributed by atoms with van der Waals surface area (Å²) >= 11 is 0. The van der Waals surface area contributed by atoms with E-state index in [1.54, 1.807) is 6.07 Å². The Hall–Kier alpha value is -3.34. The molecule has 166 valence electrons. The zero-order valence-corrected chi connectivity index (χ0v) is 16.9. The van der Waals surface area contributed by atoms with E-state index < -0.39 is 60.2 Å². The number of esters is 3. The van der Waals surface area contributed by atoms with Gasteiger partial charge in [0, 0.05) is 32.3 Å². The third-order valence-corrected chi connectivity index (χ3v) is 5.45. The molecule has 0 unspecified atom stereocenters. The predicted molar refractivity (Wildman–Crippen MR) is 99.2 cm³/mol. The largest absolute Gasteiger partial charge is 0.456 e. The second kappa shape index (κ2) is 7.73. The summed E-state index contributed by atoms with van der Waals surface area (Å²) in [5.41, 5.74) is 0.639. The third kappa shape index (κ3) is 3.65. The summed E-state index contributed by atoms with van der Waals surface area (Å²) in [4.78, 5) is 48.1. The molecule has 1 saturated carbocycles. The molecule has 2 N–H and O–H groups in total. The molecular formula is C20H21NO10. The Bertz CT molecular complexity index is 960. The van der Waals surface area contributed by atoms with Crippen LogP contribution in [0.2, 0.25) is 0 Å². The van der Waals surface area contributed by atoms with Crippen LogP contribution in [-0.4, -0.2) is 66.2 Å². The molecule has 0 radical (unpaired) electrons. The number of carbonyl (C=O) groups is 4. The first kappa shape index (κ1) is 20.9. The number of ether oxygens (including phenoxy) is 5. The number of aliphatic hydroxyl groups excluding tert-OH is 1. The van der Waals surface area contributed by atoms with Crippen LogP contribution in [0, 0.1) is 0 Å². The van der Waals surface area contributed by atoms with Crippen molar-refractivity contribution in [3.8, 4) is 11.5 Å². The number of fused-ring (bicyclic) bond motifs is 4. The molecular weight excluding hydrogens is 414 g/mol. The minimum Gasteiger partial charge on any atom is -0.456 e. The van der Waals surface area contributed by atoms with Crippen molar-refractivity contribution in [1.29, 1.82) is 0 Å². The lowest BCUT2D eigenvalue weighted by molar-refractivity contribution is -0.211. The summed E-state index contributed by atoms with van der Waals surface area (Å²) in [6.45, 7) is 3.40. The second-order valence-corrected chi connectivity index (χ2v) is 7.53. The van der Waals surface area contributed by atoms with E-state index in [0.29, 0.717) is 17.1 Å². The van der Waals surface area contributed by atoms with E-state index >= 15 is 0 Å². The molecule has 3 aliphatic rings. The van der Waals surface area contributed by atoms with E-state index in [4.69, 9.17) is 23.7 Å². The highest BCUT2D eigenvalue weighted by molar-refractivity contribution is 5.98. The number of hydrogen-bond acceptors (Lipinski definition) is 10. The normalized spacial score (nSPS) is 30.4. The smallest absolute Gasteiger partial charge is 0.303 e. The molecule has 0 saturated heterocycles. The minimum absolute atomic E-state index is 0.0167. The summed E-state index contributed by atoms with van der Waals surface area (Å²) in [6.07, 6.45) is -5.30. The molecule has 1 aromatic rings. The molecule has 11 nitrogen and oxygen atoms in total. The van der Waals surface area contributed by atoms with Gasteiger partial charge in [0.15, 0.2) is 29.8 Å². The molecule has 31 heavy (non-hydrogen) atoms. The van der Waals surface area contributed by atoms with E-state index in [-0.39, 0.29) is 12.4 Å². The van der Waals surface area contributed by atoms with Gasteiger partial charge in [0.05, 0.1) is 6.04 Å². The summed E-state index contributed by atoms with van der Waals surface area (Å²) in [5.74, 6) is -2.76. The van der Waals surface area contributed by atoms with Gasteiger partial charge in [-0.2, -0.15) is 0 Å². The van der Waals surface area contributed by atoms with E-state index in [2.05, 4.69) is 5.32 Å². The van der Waals surface area contributed by atoms with Gasteiger partial charge in [-0.05, 0) is 17.7 Å². The van der Waals surface area contributed by atoms with Gasteiger partial charge in [0.25, 0.3) is 5.91 Å². The molecule has 0 aromatic heterocycles. The number of hydrogen-bond donors (Lipinski definition) is 2. The SMILES string of the molecule is CC(=O)O[C@@H]1[C@@H](OC(C)=O)[C@H](O)[C@@H]2c3cc4c(cc3C(=O)N[C@H]2[C@@H]1OC(C)=O)OCO4. The van der Waals surface area contributed by atoms with Gasteiger partial charge < -0.3 is 34.1 Å². The number of nitrogens with one attached hydrogen (secondary N) is 1. The van der Waals surface area contributed by atoms with E-state index in [9.17, 15) is 24.3 Å². The van der Waals surface area contributed by atoms with Crippen LogP contribution in [0.3, 0.4) is 0 Å². The van der Waals surface area contributed by atoms with Gasteiger partial charge >= 0.3 is 17.9 Å². The summed E-state index contributed by atoms with van der Waals surface area (Å²) in [6, 6.07) is 2.10. The Labute approximate surface area is 176 Å². The number of rotatable bonds is 3. The van der Waals surface area contributed by atoms with Gasteiger partial charge in [-0.1, -0.05) is 0 Å². The summed E-state index contributed by atoms with van der Waals surface area (Å²) < 4.78 is 26.7. The Morgan fingerprint density at radius 1 is 0.935 bits per heavy atom. The highest BCUT2D eigenvalue weighted by Gasteiger charge is 2.58. The fourth-order valence-electron chi connectivity index (χ4n) is 4.40. The van der Waals surface area contributed by atoms with Gasteiger partial charge in [0.1, 0.15) is 6.10 Å². The monoisotopic (exact) mass is 435 g/mol. The topological polar surface area (TPSA) is 147 Å². The first-order valence-electron chi connectivity index (χ1n) is 9.61. The highest BCUT2D eigenvalue weighted by atomic mass is 16.7. The van der Waals surface area contributed by atoms with Crippen molar-refractivity contribution in [2.45, 2.75) is 57.1 Å². The van der Waals surface area contributed by atoms with Gasteiger partial charge in [-0.25, -0.2) is 0 Å². The fourth-order valence-corrected chi connectivity index (χ4v) is 4.40. The van der Waals surface area contributed by atoms with E-state index in [1.165, 1.54) is 6.07 Å². The summed E-state index contributed by atoms with van der Waals surface area (Å²) in [7, 11) is 0. The average Bonchev–Trinajstić information content (AvgIpc) is 3.13. The van der Waals surface area contributed by atoms with Crippen LogP contribution < -0.4 is 14.8 Å². The summed E-state index contributed by atoms with van der Waals surface area (Å²) in [5, 5.41) is 13.9. The lowest BCUT2D eigenvalue weighted by Gasteiger charge is -2.49. The molecule has 11 heteroatoms. The van der Waals surface area contributed by atoms with Crippen LogP contribution in [0.5, 0.6) is 11.5 Å². The quantitative estimate of drug-likeness (QED) is 0.482. The first-order chi connectivity index (χ1) is 14.7. The Kier molecular flexibility index (Phi) is 5.21. The van der Waals surface area contributed by atoms with Crippen LogP contribution in [0.15, 0.2) is 12.1 Å². The molecule has 2 heterocycles. The number of amides is 1. The molecule has 4 rings (SSSR count). The van der Waals surface area contributed by atoms with E-state index in [1.807, 2.05) is 0 Å². The maximum atomic E-state index is 12.8. The van der Waals surface area contributed by atoms with Crippen molar-refractivity contribution in [3.63, 3.8) is 0 Å². The van der Waals surface area contributed by atoms with Crippen molar-refractivity contribution < 1.29 is 48.0 Å². The molecule has 0 spiro atoms. The van der Waals surface area contributed by atoms with Crippen molar-refractivity contribution in [2.24, 2.45) is 0 Å². The van der Waals surface area contributed by atoms with Crippen LogP contribution in [0.4, 0.5) is 0 Å². The standard InChI is InChI=1S/C20H21NO10/c1-7(22)29-17-15-14(16(25)18(30-8(2)23)19(17)31-9(3)24)10-4-12-13(28-6-27-12)5-11(10)20(26)21-15/h4-5,14-19,25H,6H2,1-3H3,(H,21,26)/t14-,15-,16-,17+,18+,19+/m1/s1. The highest BCUT2D eigenvalue weighted by Crippen LogP contribution is 2.45. The average molecular weight is 435 g/mol. The first-order valence-corrected chi connectivity index (χ1v) is 9.61. The lowest BCUT2D eigenvalue weighted by Crippen LogP contribution is -2.68. The van der Waals surface area contributed by atoms with Crippen LogP contribution in [0.25, 0.3) is 0 Å². The van der Waals surface area contributed by atoms with Crippen molar-refractivity contribution in [2.75, 3.05) is 6.79 Å². The molecule has 1 aromatic carbocycles. The van der Waals surface area contributed by atoms with Crippen LogP contribution in [-0.2, 0) is 28.6 Å². The van der Waals surface area contributed by atoms with Gasteiger partial charge in [0.2, 0.25) is 6.79 Å². The lowest BCUT2D eigenvalue weighted by atomic mass is 9.70. The Balaban J connectivity index is 1.84. The zero-order valence-electron chi connectivity index (χ0n) is 16.9. The molecule has 1 amide bonds. The molecule has 6 atom stereocenters. The molecule has 0 bridgehead atoms. The van der Waals surface area contributed by atoms with Crippen LogP contribution >= 0.6 is 0 Å². The van der Waals surface area contributed by atoms with Crippen molar-refractivity contribution >= 4 is 23.8 Å². The third-order valence-electron chi connectivity index (χ3n) is 5.45. The van der Waals surface area contributed by atoms with Crippen molar-refractivity contribution in [3.05, 3.63) is 23.3 Å². The Morgan fingerprint density at radius 2 is 1.48 bits per heavy atom. The second-order valence-electron chi connectivity index (χ2n) is 7.53. The number of benzene rings is 1. The molecule has 2 aliphatic heterocycles. The zero-order chi connectivity index (χ0) is 22.4.